The predicted molar refractivity (Wildman–Crippen MR) is 158 cm³/mol. The van der Waals surface area contributed by atoms with Gasteiger partial charge in [-0.25, -0.2) is 9.79 Å². The van der Waals surface area contributed by atoms with Gasteiger partial charge < -0.3 is 14.2 Å². The summed E-state index contributed by atoms with van der Waals surface area (Å²) in [5.41, 5.74) is 3.75. The standard InChI is InChI=1S/C29H26Cl2N2O5S/c1-5-37-27(34)16-38-24-11-8-19(12-25(24)36-4)13-26-28(35)33(21-10-7-18(3)23(31)15-21)29(39-26)32-20-9-6-17(2)22(30)14-20/h6-15H,5,16H2,1-4H3/b26-13-,32-29?. The monoisotopic (exact) mass is 584 g/mol. The van der Waals surface area contributed by atoms with Crippen LogP contribution in [0.5, 0.6) is 11.5 Å². The fraction of sp³-hybridized carbons (Fsp3) is 0.207. The molecule has 0 bridgehead atoms. The first-order chi connectivity index (χ1) is 18.7. The van der Waals surface area contributed by atoms with Crippen molar-refractivity contribution < 1.29 is 23.8 Å². The van der Waals surface area contributed by atoms with E-state index in [1.807, 2.05) is 38.1 Å². The summed E-state index contributed by atoms with van der Waals surface area (Å²) in [6.07, 6.45) is 1.75. The van der Waals surface area contributed by atoms with Gasteiger partial charge >= 0.3 is 5.97 Å². The Labute approximate surface area is 241 Å². The highest BCUT2D eigenvalue weighted by Gasteiger charge is 2.35. The van der Waals surface area contributed by atoms with Crippen LogP contribution in [0.1, 0.15) is 23.6 Å². The first kappa shape index (κ1) is 28.5. The number of halogens is 2. The quantitative estimate of drug-likeness (QED) is 0.203. The molecule has 0 spiro atoms. The number of amides is 1. The third-order valence-corrected chi connectivity index (χ3v) is 7.52. The van der Waals surface area contributed by atoms with E-state index in [9.17, 15) is 9.59 Å². The normalized spacial score (nSPS) is 15.2. The number of carbonyl (C=O) groups excluding carboxylic acids is 2. The van der Waals surface area contributed by atoms with Gasteiger partial charge in [0.2, 0.25) is 0 Å². The van der Waals surface area contributed by atoms with Crippen LogP contribution in [0.25, 0.3) is 6.08 Å². The molecule has 0 unspecified atom stereocenters. The maximum atomic E-state index is 13.7. The maximum absolute atomic E-state index is 13.7. The number of carbonyl (C=O) groups is 2. The molecule has 10 heteroatoms. The Morgan fingerprint density at radius 1 is 1.00 bits per heavy atom. The van der Waals surface area contributed by atoms with Crippen molar-refractivity contribution in [3.05, 3.63) is 86.2 Å². The Morgan fingerprint density at radius 3 is 2.38 bits per heavy atom. The maximum Gasteiger partial charge on any atom is 0.344 e. The van der Waals surface area contributed by atoms with E-state index in [2.05, 4.69) is 0 Å². The molecular formula is C29H26Cl2N2O5S. The molecule has 1 aliphatic heterocycles. The number of rotatable bonds is 8. The third kappa shape index (κ3) is 6.76. The summed E-state index contributed by atoms with van der Waals surface area (Å²) < 4.78 is 15.9. The fourth-order valence-corrected chi connectivity index (χ4v) is 4.99. The third-order valence-electron chi connectivity index (χ3n) is 5.74. The van der Waals surface area contributed by atoms with Crippen molar-refractivity contribution in [1.29, 1.82) is 0 Å². The summed E-state index contributed by atoms with van der Waals surface area (Å²) >= 11 is 13.9. The highest BCUT2D eigenvalue weighted by Crippen LogP contribution is 2.39. The first-order valence-corrected chi connectivity index (χ1v) is 13.6. The smallest absolute Gasteiger partial charge is 0.344 e. The number of methoxy groups -OCH3 is 1. The lowest BCUT2D eigenvalue weighted by Crippen LogP contribution is -2.28. The lowest BCUT2D eigenvalue weighted by molar-refractivity contribution is -0.145. The SMILES string of the molecule is CCOC(=O)COc1ccc(/C=C2\SC(=Nc3ccc(C)c(Cl)c3)N(c3ccc(C)c(Cl)c3)C2=O)cc1OC. The molecule has 0 saturated carbocycles. The van der Waals surface area contributed by atoms with Crippen LogP contribution in [0, 0.1) is 13.8 Å². The second-order valence-corrected chi connectivity index (χ2v) is 10.3. The topological polar surface area (TPSA) is 77.4 Å². The van der Waals surface area contributed by atoms with Crippen LogP contribution in [-0.2, 0) is 14.3 Å². The Kier molecular flexibility index (Phi) is 9.22. The summed E-state index contributed by atoms with van der Waals surface area (Å²) in [7, 11) is 1.50. The van der Waals surface area contributed by atoms with Gasteiger partial charge in [0, 0.05) is 10.0 Å². The van der Waals surface area contributed by atoms with Gasteiger partial charge in [0.25, 0.3) is 5.91 Å². The molecule has 1 heterocycles. The van der Waals surface area contributed by atoms with Gasteiger partial charge in [-0.05, 0) is 91.7 Å². The van der Waals surface area contributed by atoms with Gasteiger partial charge in [0.15, 0.2) is 23.3 Å². The molecule has 202 valence electrons. The molecule has 1 saturated heterocycles. The minimum Gasteiger partial charge on any atom is -0.493 e. The van der Waals surface area contributed by atoms with E-state index in [-0.39, 0.29) is 19.1 Å². The summed E-state index contributed by atoms with van der Waals surface area (Å²) in [5, 5.41) is 1.60. The Hall–Kier alpha value is -3.46. The Balaban J connectivity index is 1.69. The molecule has 0 aromatic heterocycles. The number of aliphatic imine (C=N–C) groups is 1. The number of hydrogen-bond donors (Lipinski definition) is 0. The molecular weight excluding hydrogens is 559 g/mol. The lowest BCUT2D eigenvalue weighted by Gasteiger charge is -2.16. The second-order valence-electron chi connectivity index (χ2n) is 8.52. The average Bonchev–Trinajstić information content (AvgIpc) is 3.21. The second kappa shape index (κ2) is 12.6. The summed E-state index contributed by atoms with van der Waals surface area (Å²) in [5.74, 6) is 0.0668. The molecule has 3 aromatic rings. The van der Waals surface area contributed by atoms with Crippen LogP contribution in [0.3, 0.4) is 0 Å². The molecule has 1 fully saturated rings. The number of ether oxygens (including phenoxy) is 3. The fourth-order valence-electron chi connectivity index (χ4n) is 3.64. The van der Waals surface area contributed by atoms with Gasteiger partial charge in [-0.1, -0.05) is 41.4 Å². The van der Waals surface area contributed by atoms with Gasteiger partial charge in [-0.2, -0.15) is 0 Å². The highest BCUT2D eigenvalue weighted by atomic mass is 35.5. The van der Waals surface area contributed by atoms with Crippen LogP contribution in [0.4, 0.5) is 11.4 Å². The summed E-state index contributed by atoms with van der Waals surface area (Å²) in [6, 6.07) is 16.1. The van der Waals surface area contributed by atoms with E-state index >= 15 is 0 Å². The van der Waals surface area contributed by atoms with Crippen molar-refractivity contribution in [3.8, 4) is 11.5 Å². The highest BCUT2D eigenvalue weighted by molar-refractivity contribution is 8.19. The van der Waals surface area contributed by atoms with E-state index in [0.717, 1.165) is 11.1 Å². The van der Waals surface area contributed by atoms with Crippen molar-refractivity contribution in [1.82, 2.24) is 0 Å². The zero-order chi connectivity index (χ0) is 28.1. The van der Waals surface area contributed by atoms with Crippen molar-refractivity contribution in [3.63, 3.8) is 0 Å². The number of esters is 1. The van der Waals surface area contributed by atoms with Crippen LogP contribution in [-0.4, -0.2) is 37.4 Å². The number of hydrogen-bond acceptors (Lipinski definition) is 7. The van der Waals surface area contributed by atoms with Crippen molar-refractivity contribution >= 4 is 69.5 Å². The lowest BCUT2D eigenvalue weighted by atomic mass is 10.1. The van der Waals surface area contributed by atoms with E-state index in [1.54, 1.807) is 43.3 Å². The number of aryl methyl sites for hydroxylation is 2. The largest absolute Gasteiger partial charge is 0.493 e. The zero-order valence-electron chi connectivity index (χ0n) is 21.8. The van der Waals surface area contributed by atoms with Crippen molar-refractivity contribution in [2.45, 2.75) is 20.8 Å². The summed E-state index contributed by atoms with van der Waals surface area (Å²) in [4.78, 5) is 32.1. The van der Waals surface area contributed by atoms with Gasteiger partial charge in [0.05, 0.1) is 30.0 Å². The molecule has 0 atom stereocenters. The average molecular weight is 586 g/mol. The number of nitrogens with zero attached hydrogens (tertiary/aromatic N) is 2. The number of anilines is 1. The minimum atomic E-state index is -0.475. The molecule has 39 heavy (non-hydrogen) atoms. The molecule has 3 aromatic carbocycles. The molecule has 0 N–H and O–H groups in total. The van der Waals surface area contributed by atoms with E-state index in [4.69, 9.17) is 42.4 Å². The van der Waals surface area contributed by atoms with Gasteiger partial charge in [-0.3, -0.25) is 9.69 Å². The summed E-state index contributed by atoms with van der Waals surface area (Å²) in [6.45, 7) is 5.57. The van der Waals surface area contributed by atoms with Crippen LogP contribution >= 0.6 is 35.0 Å². The Morgan fingerprint density at radius 2 is 1.72 bits per heavy atom. The van der Waals surface area contributed by atoms with Gasteiger partial charge in [-0.15, -0.1) is 0 Å². The Bertz CT molecular complexity index is 1490. The molecule has 4 rings (SSSR count). The van der Waals surface area contributed by atoms with E-state index in [0.29, 0.717) is 48.6 Å². The number of thioether (sulfide) groups is 1. The first-order valence-electron chi connectivity index (χ1n) is 12.0. The zero-order valence-corrected chi connectivity index (χ0v) is 24.1. The molecule has 1 amide bonds. The van der Waals surface area contributed by atoms with Gasteiger partial charge in [0.1, 0.15) is 0 Å². The van der Waals surface area contributed by atoms with E-state index in [1.165, 1.54) is 23.8 Å². The molecule has 7 nitrogen and oxygen atoms in total. The van der Waals surface area contributed by atoms with Crippen LogP contribution in [0.2, 0.25) is 10.0 Å². The number of benzene rings is 3. The van der Waals surface area contributed by atoms with Crippen molar-refractivity contribution in [2.24, 2.45) is 4.99 Å². The predicted octanol–water partition coefficient (Wildman–Crippen LogP) is 7.37. The van der Waals surface area contributed by atoms with Crippen LogP contribution < -0.4 is 14.4 Å². The molecule has 0 radical (unpaired) electrons. The molecule has 0 aliphatic carbocycles. The number of amidine groups is 1. The molecule has 1 aliphatic rings. The minimum absolute atomic E-state index is 0.240. The van der Waals surface area contributed by atoms with E-state index < -0.39 is 5.97 Å². The van der Waals surface area contributed by atoms with Crippen LogP contribution in [0.15, 0.2) is 64.5 Å². The van der Waals surface area contributed by atoms with Crippen molar-refractivity contribution in [2.75, 3.05) is 25.2 Å².